The summed E-state index contributed by atoms with van der Waals surface area (Å²) in [7, 11) is 0. The highest BCUT2D eigenvalue weighted by Crippen LogP contribution is 2.37. The summed E-state index contributed by atoms with van der Waals surface area (Å²) < 4.78 is 3.56. The van der Waals surface area contributed by atoms with Crippen molar-refractivity contribution in [2.45, 2.75) is 18.9 Å². The Labute approximate surface area is 161 Å². The highest BCUT2D eigenvalue weighted by Gasteiger charge is 2.23. The fourth-order valence-corrected chi connectivity index (χ4v) is 5.21. The van der Waals surface area contributed by atoms with Crippen molar-refractivity contribution in [3.8, 4) is 5.69 Å². The molecule has 1 aromatic carbocycles. The Morgan fingerprint density at radius 1 is 1.15 bits per heavy atom. The van der Waals surface area contributed by atoms with Gasteiger partial charge in [0.15, 0.2) is 0 Å². The zero-order valence-electron chi connectivity index (χ0n) is 14.2. The summed E-state index contributed by atoms with van der Waals surface area (Å²) in [6, 6.07) is 10.5. The first kappa shape index (κ1) is 15.3. The Morgan fingerprint density at radius 2 is 2.07 bits per heavy atom. The number of pyridine rings is 2. The predicted molar refractivity (Wildman–Crippen MR) is 113 cm³/mol. The van der Waals surface area contributed by atoms with Crippen LogP contribution in [0.5, 0.6) is 0 Å². The molecule has 4 aromatic heterocycles. The minimum absolute atomic E-state index is 0.0116. The van der Waals surface area contributed by atoms with Crippen molar-refractivity contribution in [3.63, 3.8) is 0 Å². The summed E-state index contributed by atoms with van der Waals surface area (Å²) in [5.41, 5.74) is 4.64. The summed E-state index contributed by atoms with van der Waals surface area (Å²) in [5.74, 6) is 0. The maximum atomic E-state index is 13.2. The second kappa shape index (κ2) is 5.61. The molecule has 0 aliphatic heterocycles. The van der Waals surface area contributed by atoms with Crippen LogP contribution in [0.1, 0.15) is 12.8 Å². The Morgan fingerprint density at radius 3 is 2.96 bits per heavy atom. The molecule has 1 aliphatic carbocycles. The van der Waals surface area contributed by atoms with Gasteiger partial charge in [-0.15, -0.1) is 22.7 Å². The number of aromatic nitrogens is 3. The van der Waals surface area contributed by atoms with Crippen LogP contribution in [0, 0.1) is 0 Å². The first-order chi connectivity index (χ1) is 13.3. The SMILES string of the molecule is O=c1c2sc3nccc(NC4CC4)c3c2ccn1-c1ccc2scnc2c1. The molecule has 4 heterocycles. The summed E-state index contributed by atoms with van der Waals surface area (Å²) in [5, 5.41) is 5.60. The number of fused-ring (bicyclic) bond motifs is 4. The number of thiazole rings is 1. The van der Waals surface area contributed by atoms with Crippen molar-refractivity contribution < 1.29 is 0 Å². The van der Waals surface area contributed by atoms with Gasteiger partial charge >= 0.3 is 0 Å². The molecule has 0 radical (unpaired) electrons. The number of anilines is 1. The van der Waals surface area contributed by atoms with Gasteiger partial charge in [-0.05, 0) is 43.2 Å². The van der Waals surface area contributed by atoms with Crippen LogP contribution >= 0.6 is 22.7 Å². The van der Waals surface area contributed by atoms with Crippen LogP contribution in [-0.4, -0.2) is 20.6 Å². The van der Waals surface area contributed by atoms with Crippen molar-refractivity contribution >= 4 is 58.9 Å². The predicted octanol–water partition coefficient (Wildman–Crippen LogP) is 4.78. The van der Waals surface area contributed by atoms with Crippen molar-refractivity contribution in [1.82, 2.24) is 14.5 Å². The monoisotopic (exact) mass is 390 g/mol. The molecule has 0 saturated heterocycles. The highest BCUT2D eigenvalue weighted by molar-refractivity contribution is 7.25. The molecule has 0 bridgehead atoms. The van der Waals surface area contributed by atoms with Crippen LogP contribution in [0.3, 0.4) is 0 Å². The minimum atomic E-state index is -0.0116. The number of hydrogen-bond donors (Lipinski definition) is 1. The maximum Gasteiger partial charge on any atom is 0.273 e. The summed E-state index contributed by atoms with van der Waals surface area (Å²) in [6.07, 6.45) is 6.09. The molecule has 5 aromatic rings. The molecular formula is C20H14N4OS2. The molecule has 0 atom stereocenters. The summed E-state index contributed by atoms with van der Waals surface area (Å²) >= 11 is 3.07. The third-order valence-corrected chi connectivity index (χ3v) is 6.87. The van der Waals surface area contributed by atoms with Crippen molar-refractivity contribution in [2.24, 2.45) is 0 Å². The fourth-order valence-electron chi connectivity index (χ4n) is 3.46. The maximum absolute atomic E-state index is 13.2. The molecule has 6 rings (SSSR count). The lowest BCUT2D eigenvalue weighted by Crippen LogP contribution is -2.16. The first-order valence-electron chi connectivity index (χ1n) is 8.81. The lowest BCUT2D eigenvalue weighted by molar-refractivity contribution is 1.01. The standard InChI is InChI=1S/C20H14N4OS2/c25-20-18-13(17-14(23-11-1-2-11)5-7-21-19(17)27-18)6-8-24(20)12-3-4-16-15(9-12)22-10-26-16/h3-11H,1-2H2,(H,21,23). The Kier molecular flexibility index (Phi) is 3.18. The van der Waals surface area contributed by atoms with Gasteiger partial charge in [0.1, 0.15) is 9.53 Å². The van der Waals surface area contributed by atoms with Crippen molar-refractivity contribution in [2.75, 3.05) is 5.32 Å². The molecule has 1 aliphatic rings. The average Bonchev–Trinajstić information content (AvgIpc) is 3.23. The third kappa shape index (κ3) is 2.39. The quantitative estimate of drug-likeness (QED) is 0.481. The van der Waals surface area contributed by atoms with E-state index in [0.29, 0.717) is 6.04 Å². The number of hydrogen-bond acceptors (Lipinski definition) is 6. The average molecular weight is 390 g/mol. The Bertz CT molecular complexity index is 1390. The van der Waals surface area contributed by atoms with Crippen LogP contribution in [-0.2, 0) is 0 Å². The molecule has 5 nitrogen and oxygen atoms in total. The van der Waals surface area contributed by atoms with Crippen LogP contribution in [0.4, 0.5) is 5.69 Å². The zero-order chi connectivity index (χ0) is 18.0. The number of thiophene rings is 1. The van der Waals surface area contributed by atoms with E-state index >= 15 is 0 Å². The molecule has 0 amide bonds. The van der Waals surface area contributed by atoms with E-state index in [0.717, 1.165) is 41.9 Å². The number of nitrogens with zero attached hydrogens (tertiary/aromatic N) is 3. The first-order valence-corrected chi connectivity index (χ1v) is 10.5. The van der Waals surface area contributed by atoms with Crippen LogP contribution in [0.15, 0.2) is 53.0 Å². The molecule has 132 valence electrons. The molecule has 7 heteroatoms. The van der Waals surface area contributed by atoms with Crippen molar-refractivity contribution in [3.05, 3.63) is 58.6 Å². The van der Waals surface area contributed by atoms with E-state index in [9.17, 15) is 4.79 Å². The normalized spacial score (nSPS) is 14.4. The van der Waals surface area contributed by atoms with Crippen molar-refractivity contribution in [1.29, 1.82) is 0 Å². The zero-order valence-corrected chi connectivity index (χ0v) is 15.8. The van der Waals surface area contributed by atoms with E-state index in [1.807, 2.05) is 48.2 Å². The minimum Gasteiger partial charge on any atom is -0.382 e. The second-order valence-corrected chi connectivity index (χ2v) is 8.68. The topological polar surface area (TPSA) is 59.8 Å². The van der Waals surface area contributed by atoms with Crippen LogP contribution in [0.2, 0.25) is 0 Å². The molecule has 0 unspecified atom stereocenters. The number of rotatable bonds is 3. The smallest absolute Gasteiger partial charge is 0.273 e. The Balaban J connectivity index is 1.59. The van der Waals surface area contributed by atoms with E-state index in [-0.39, 0.29) is 5.56 Å². The van der Waals surface area contributed by atoms with Gasteiger partial charge in [-0.3, -0.25) is 9.36 Å². The van der Waals surface area contributed by atoms with Gasteiger partial charge in [-0.25, -0.2) is 9.97 Å². The third-order valence-electron chi connectivity index (χ3n) is 4.96. The van der Waals surface area contributed by atoms with Gasteiger partial charge < -0.3 is 5.32 Å². The van der Waals surface area contributed by atoms with Gasteiger partial charge in [0, 0.05) is 34.9 Å². The van der Waals surface area contributed by atoms with E-state index in [1.54, 1.807) is 15.9 Å². The largest absolute Gasteiger partial charge is 0.382 e. The van der Waals surface area contributed by atoms with E-state index < -0.39 is 0 Å². The summed E-state index contributed by atoms with van der Waals surface area (Å²) in [6.45, 7) is 0. The second-order valence-electron chi connectivity index (χ2n) is 6.80. The van der Waals surface area contributed by atoms with Gasteiger partial charge in [-0.2, -0.15) is 0 Å². The molecule has 27 heavy (non-hydrogen) atoms. The molecule has 0 spiro atoms. The van der Waals surface area contributed by atoms with Gasteiger partial charge in [0.25, 0.3) is 5.56 Å². The molecule has 1 N–H and O–H groups in total. The molecule has 1 fully saturated rings. The Hall–Kier alpha value is -2.77. The lowest BCUT2D eigenvalue weighted by atomic mass is 10.2. The van der Waals surface area contributed by atoms with Crippen LogP contribution in [0.25, 0.3) is 36.2 Å². The van der Waals surface area contributed by atoms with Gasteiger partial charge in [0.2, 0.25) is 0 Å². The number of nitrogens with one attached hydrogen (secondary N) is 1. The van der Waals surface area contributed by atoms with Crippen LogP contribution < -0.4 is 10.9 Å². The molecule has 1 saturated carbocycles. The highest BCUT2D eigenvalue weighted by atomic mass is 32.1. The summed E-state index contributed by atoms with van der Waals surface area (Å²) in [4.78, 5) is 23.0. The van der Waals surface area contributed by atoms with E-state index in [4.69, 9.17) is 0 Å². The van der Waals surface area contributed by atoms with Gasteiger partial charge in [-0.1, -0.05) is 0 Å². The molecular weight excluding hydrogens is 376 g/mol. The van der Waals surface area contributed by atoms with Gasteiger partial charge in [0.05, 0.1) is 21.4 Å². The fraction of sp³-hybridized carbons (Fsp3) is 0.150. The van der Waals surface area contributed by atoms with E-state index in [1.165, 1.54) is 24.2 Å². The van der Waals surface area contributed by atoms with E-state index in [2.05, 4.69) is 15.3 Å². The number of benzene rings is 1. The lowest BCUT2D eigenvalue weighted by Gasteiger charge is -2.07.